The highest BCUT2D eigenvalue weighted by Crippen LogP contribution is 2.44. The number of nitrogens with one attached hydrogen (secondary N) is 2. The Morgan fingerprint density at radius 3 is 2.46 bits per heavy atom. The van der Waals surface area contributed by atoms with Crippen LogP contribution in [0.2, 0.25) is 0 Å². The van der Waals surface area contributed by atoms with Gasteiger partial charge < -0.3 is 36.4 Å². The summed E-state index contributed by atoms with van der Waals surface area (Å²) < 4.78 is 32.4. The number of aliphatic hydroxyl groups excluding tert-OH is 3. The molecular weight excluding hydrogens is 480 g/mol. The largest absolute Gasteiger partial charge is 0.394 e. The number of aromatic nitrogens is 2. The summed E-state index contributed by atoms with van der Waals surface area (Å²) in [6.45, 7) is 1.92. The van der Waals surface area contributed by atoms with Gasteiger partial charge in [-0.25, -0.2) is 18.7 Å². The summed E-state index contributed by atoms with van der Waals surface area (Å²) in [5.74, 6) is -0.221. The van der Waals surface area contributed by atoms with Gasteiger partial charge in [0, 0.05) is 17.7 Å². The van der Waals surface area contributed by atoms with Gasteiger partial charge in [0.15, 0.2) is 28.4 Å². The van der Waals surface area contributed by atoms with Crippen LogP contribution < -0.4 is 16.4 Å². The maximum atomic E-state index is 13.7. The van der Waals surface area contributed by atoms with E-state index in [0.717, 1.165) is 18.2 Å². The fourth-order valence-corrected chi connectivity index (χ4v) is 4.94. The number of aliphatic hydroxyl groups is 3. The number of benzene rings is 1. The van der Waals surface area contributed by atoms with Gasteiger partial charge in [-0.05, 0) is 37.0 Å². The van der Waals surface area contributed by atoms with E-state index in [9.17, 15) is 19.0 Å². The minimum absolute atomic E-state index is 0.00106. The first-order valence-corrected chi connectivity index (χ1v) is 12.7. The molecule has 35 heavy (non-hydrogen) atoms. The molecule has 9 nitrogen and oxygen atoms in total. The zero-order valence-corrected chi connectivity index (χ0v) is 20.1. The third kappa shape index (κ3) is 5.95. The summed E-state index contributed by atoms with van der Waals surface area (Å²) in [5, 5.41) is 36.7. The van der Waals surface area contributed by atoms with E-state index < -0.39 is 36.0 Å². The molecule has 0 aliphatic heterocycles. The Labute approximate surface area is 206 Å². The first-order valence-electron chi connectivity index (χ1n) is 11.7. The SMILES string of the molecule is CCCSc1nc(N[C@@H]2C[C@H](OCCO)[C@@H](O)[C@H]2O)c(N)c(N[C@@H]2C[C@H]2c2ccc(F)c(F)c2)n1. The Morgan fingerprint density at radius 1 is 1.09 bits per heavy atom. The number of anilines is 3. The molecule has 1 aromatic carbocycles. The van der Waals surface area contributed by atoms with Crippen molar-refractivity contribution >= 4 is 29.1 Å². The van der Waals surface area contributed by atoms with Crippen LogP contribution in [-0.2, 0) is 4.74 Å². The Bertz CT molecular complexity index is 1040. The number of ether oxygens (including phenoxy) is 1. The number of hydrogen-bond acceptors (Lipinski definition) is 10. The molecule has 0 bridgehead atoms. The van der Waals surface area contributed by atoms with Crippen LogP contribution in [0.5, 0.6) is 0 Å². The summed E-state index contributed by atoms with van der Waals surface area (Å²) in [6.07, 6.45) is -0.928. The van der Waals surface area contributed by atoms with Crippen molar-refractivity contribution in [3.05, 3.63) is 35.4 Å². The lowest BCUT2D eigenvalue weighted by Gasteiger charge is -2.21. The van der Waals surface area contributed by atoms with Crippen LogP contribution in [0.25, 0.3) is 0 Å². The molecule has 2 aromatic rings. The van der Waals surface area contributed by atoms with Crippen molar-refractivity contribution in [2.24, 2.45) is 0 Å². The molecule has 0 spiro atoms. The Morgan fingerprint density at radius 2 is 1.80 bits per heavy atom. The Hall–Kier alpha value is -2.25. The van der Waals surface area contributed by atoms with Crippen molar-refractivity contribution in [3.63, 3.8) is 0 Å². The molecule has 0 amide bonds. The minimum atomic E-state index is -1.11. The smallest absolute Gasteiger partial charge is 0.191 e. The molecule has 2 saturated carbocycles. The van der Waals surface area contributed by atoms with Crippen LogP contribution in [0, 0.1) is 11.6 Å². The quantitative estimate of drug-likeness (QED) is 0.196. The van der Waals surface area contributed by atoms with E-state index in [1.165, 1.54) is 17.8 Å². The number of halogens is 2. The van der Waals surface area contributed by atoms with Crippen molar-refractivity contribution in [3.8, 4) is 0 Å². The van der Waals surface area contributed by atoms with Gasteiger partial charge in [-0.3, -0.25) is 0 Å². The van der Waals surface area contributed by atoms with Crippen LogP contribution in [-0.4, -0.2) is 74.6 Å². The average Bonchev–Trinajstić information content (AvgIpc) is 3.56. The molecule has 7 N–H and O–H groups in total. The van der Waals surface area contributed by atoms with Crippen LogP contribution in [0.15, 0.2) is 23.4 Å². The molecule has 2 fully saturated rings. The normalized spacial score (nSPS) is 27.7. The van der Waals surface area contributed by atoms with Gasteiger partial charge in [-0.2, -0.15) is 0 Å². The second-order valence-electron chi connectivity index (χ2n) is 8.83. The molecule has 4 rings (SSSR count). The highest BCUT2D eigenvalue weighted by Gasteiger charge is 2.43. The lowest BCUT2D eigenvalue weighted by Crippen LogP contribution is -2.36. The number of nitrogens with two attached hydrogens (primary N) is 1. The summed E-state index contributed by atoms with van der Waals surface area (Å²) in [7, 11) is 0. The fraction of sp³-hybridized carbons (Fsp3) is 0.565. The standard InChI is InChI=1S/C23H31F2N5O4S/c1-2-7-35-23-29-21(27-15-9-12(15)11-3-4-13(24)14(25)8-11)18(26)22(30-23)28-16-10-17(34-6-5-31)20(33)19(16)32/h3-4,8,12,15-17,19-20,31-33H,2,5-7,9-10,26H2,1H3,(H2,27,28,29,30)/t12-,15+,16+,17-,19-,20+/m0/s1. The van der Waals surface area contributed by atoms with E-state index in [2.05, 4.69) is 20.6 Å². The summed E-state index contributed by atoms with van der Waals surface area (Å²) in [6, 6.07) is 3.29. The van der Waals surface area contributed by atoms with Gasteiger partial charge in [-0.1, -0.05) is 24.8 Å². The summed E-state index contributed by atoms with van der Waals surface area (Å²) in [4.78, 5) is 9.07. The second-order valence-corrected chi connectivity index (χ2v) is 9.89. The highest BCUT2D eigenvalue weighted by atomic mass is 32.2. The fourth-order valence-electron chi connectivity index (χ4n) is 4.25. The molecule has 192 valence electrons. The van der Waals surface area contributed by atoms with Gasteiger partial charge in [0.2, 0.25) is 0 Å². The monoisotopic (exact) mass is 511 g/mol. The van der Waals surface area contributed by atoms with Crippen molar-refractivity contribution in [1.29, 1.82) is 0 Å². The number of hydrogen-bond donors (Lipinski definition) is 6. The lowest BCUT2D eigenvalue weighted by atomic mass is 10.1. The third-order valence-corrected chi connectivity index (χ3v) is 7.27. The Kier molecular flexibility index (Phi) is 8.27. The van der Waals surface area contributed by atoms with Gasteiger partial charge in [0.1, 0.15) is 17.9 Å². The van der Waals surface area contributed by atoms with E-state index in [1.807, 2.05) is 6.92 Å². The number of rotatable bonds is 11. The van der Waals surface area contributed by atoms with Crippen molar-refractivity contribution in [2.45, 2.75) is 67.7 Å². The lowest BCUT2D eigenvalue weighted by molar-refractivity contribution is -0.0612. The molecular formula is C23H31F2N5O4S. The van der Waals surface area contributed by atoms with Crippen LogP contribution in [0.1, 0.15) is 37.7 Å². The van der Waals surface area contributed by atoms with E-state index in [-0.39, 0.29) is 30.9 Å². The van der Waals surface area contributed by atoms with Crippen LogP contribution >= 0.6 is 11.8 Å². The molecule has 2 aliphatic carbocycles. The van der Waals surface area contributed by atoms with Gasteiger partial charge >= 0.3 is 0 Å². The maximum absolute atomic E-state index is 13.7. The maximum Gasteiger partial charge on any atom is 0.191 e. The van der Waals surface area contributed by atoms with Crippen LogP contribution in [0.4, 0.5) is 26.1 Å². The second kappa shape index (κ2) is 11.2. The predicted molar refractivity (Wildman–Crippen MR) is 129 cm³/mol. The Balaban J connectivity index is 1.51. The molecule has 1 aromatic heterocycles. The number of nitrogens with zero attached hydrogens (tertiary/aromatic N) is 2. The molecule has 0 saturated heterocycles. The van der Waals surface area contributed by atoms with Crippen molar-refractivity contribution < 1.29 is 28.8 Å². The van der Waals surface area contributed by atoms with E-state index in [0.29, 0.717) is 35.2 Å². The third-order valence-electron chi connectivity index (χ3n) is 6.22. The first kappa shape index (κ1) is 25.8. The van der Waals surface area contributed by atoms with E-state index in [1.54, 1.807) is 6.07 Å². The summed E-state index contributed by atoms with van der Waals surface area (Å²) >= 11 is 1.46. The topological polar surface area (TPSA) is 146 Å². The van der Waals surface area contributed by atoms with Gasteiger partial charge in [0.05, 0.1) is 25.4 Å². The summed E-state index contributed by atoms with van der Waals surface area (Å²) in [5.41, 5.74) is 7.33. The molecule has 0 radical (unpaired) electrons. The van der Waals surface area contributed by atoms with E-state index >= 15 is 0 Å². The van der Waals surface area contributed by atoms with Gasteiger partial charge in [0.25, 0.3) is 0 Å². The molecule has 6 atom stereocenters. The van der Waals surface area contributed by atoms with Gasteiger partial charge in [-0.15, -0.1) is 0 Å². The van der Waals surface area contributed by atoms with Crippen molar-refractivity contribution in [1.82, 2.24) is 9.97 Å². The molecule has 1 heterocycles. The van der Waals surface area contributed by atoms with Crippen LogP contribution in [0.3, 0.4) is 0 Å². The first-order chi connectivity index (χ1) is 16.8. The predicted octanol–water partition coefficient (Wildman–Crippen LogP) is 2.09. The molecule has 2 aliphatic rings. The zero-order chi connectivity index (χ0) is 25.1. The highest BCUT2D eigenvalue weighted by molar-refractivity contribution is 7.99. The number of nitrogen functional groups attached to an aromatic ring is 1. The van der Waals surface area contributed by atoms with Crippen molar-refractivity contribution in [2.75, 3.05) is 35.3 Å². The number of thioether (sulfide) groups is 1. The molecule has 0 unspecified atom stereocenters. The molecule has 12 heteroatoms. The average molecular weight is 512 g/mol. The minimum Gasteiger partial charge on any atom is -0.394 e. The van der Waals surface area contributed by atoms with E-state index in [4.69, 9.17) is 15.6 Å². The zero-order valence-electron chi connectivity index (χ0n) is 19.3.